The van der Waals surface area contributed by atoms with Crippen LogP contribution in [0.4, 0.5) is 23.1 Å². The fourth-order valence-electron chi connectivity index (χ4n) is 3.23. The highest BCUT2D eigenvalue weighted by Gasteiger charge is 2.13. The van der Waals surface area contributed by atoms with Crippen molar-refractivity contribution in [3.63, 3.8) is 0 Å². The molecule has 2 aromatic carbocycles. The van der Waals surface area contributed by atoms with Gasteiger partial charge in [-0.25, -0.2) is 9.67 Å². The molecule has 142 valence electrons. The van der Waals surface area contributed by atoms with Crippen molar-refractivity contribution in [1.29, 1.82) is 0 Å². The molecule has 0 aliphatic rings. The van der Waals surface area contributed by atoms with Crippen LogP contribution in [0.2, 0.25) is 0 Å². The van der Waals surface area contributed by atoms with Gasteiger partial charge in [-0.3, -0.25) is 0 Å². The molecule has 0 bridgehead atoms. The Morgan fingerprint density at radius 3 is 2.54 bits per heavy atom. The van der Waals surface area contributed by atoms with Gasteiger partial charge in [0, 0.05) is 31.2 Å². The number of hydrogen-bond donors (Lipinski definition) is 3. The van der Waals surface area contributed by atoms with Crippen LogP contribution in [0.3, 0.4) is 0 Å². The number of fused-ring (bicyclic) bond motifs is 1. The number of aryl methyl sites for hydroxylation is 3. The standard InChI is InChI=1S/C21H23N7/c1-13-6-4-7-14(2)18(13)25-19-17-12-23-21(26-20(17)28(3)27-19)24-16-9-5-8-15(10-16)11-22/h4-10,12H,11,22H2,1-3H3,(H,25,27)(H,23,24,26). The largest absolute Gasteiger partial charge is 0.338 e. The molecule has 4 aromatic rings. The lowest BCUT2D eigenvalue weighted by molar-refractivity contribution is 0.789. The molecule has 7 nitrogen and oxygen atoms in total. The molecule has 0 amide bonds. The minimum atomic E-state index is 0.491. The second kappa shape index (κ2) is 7.28. The van der Waals surface area contributed by atoms with E-state index in [1.807, 2.05) is 37.4 Å². The summed E-state index contributed by atoms with van der Waals surface area (Å²) in [4.78, 5) is 9.11. The van der Waals surface area contributed by atoms with Gasteiger partial charge in [0.1, 0.15) is 0 Å². The number of anilines is 4. The van der Waals surface area contributed by atoms with E-state index in [2.05, 4.69) is 51.7 Å². The van der Waals surface area contributed by atoms with Crippen LogP contribution in [-0.4, -0.2) is 19.7 Å². The van der Waals surface area contributed by atoms with E-state index in [9.17, 15) is 0 Å². The second-order valence-corrected chi connectivity index (χ2v) is 6.82. The second-order valence-electron chi connectivity index (χ2n) is 6.82. The molecule has 4 rings (SSSR count). The monoisotopic (exact) mass is 373 g/mol. The minimum Gasteiger partial charge on any atom is -0.338 e. The molecule has 4 N–H and O–H groups in total. The average molecular weight is 373 g/mol. The molecule has 7 heteroatoms. The van der Waals surface area contributed by atoms with E-state index in [0.29, 0.717) is 12.5 Å². The van der Waals surface area contributed by atoms with E-state index in [4.69, 9.17) is 5.73 Å². The quantitative estimate of drug-likeness (QED) is 0.491. The number of aromatic nitrogens is 4. The van der Waals surface area contributed by atoms with Gasteiger partial charge in [-0.2, -0.15) is 10.1 Å². The van der Waals surface area contributed by atoms with Gasteiger partial charge in [0.15, 0.2) is 11.5 Å². The van der Waals surface area contributed by atoms with Crippen molar-refractivity contribution >= 4 is 34.2 Å². The Kier molecular flexibility index (Phi) is 4.67. The highest BCUT2D eigenvalue weighted by atomic mass is 15.3. The van der Waals surface area contributed by atoms with Gasteiger partial charge < -0.3 is 16.4 Å². The lowest BCUT2D eigenvalue weighted by atomic mass is 10.1. The third-order valence-electron chi connectivity index (χ3n) is 4.72. The van der Waals surface area contributed by atoms with Crippen LogP contribution in [0.5, 0.6) is 0 Å². The van der Waals surface area contributed by atoms with Gasteiger partial charge in [0.05, 0.1) is 5.39 Å². The predicted octanol–water partition coefficient (Wildman–Crippen LogP) is 3.93. The Hall–Kier alpha value is -3.45. The molecule has 0 fully saturated rings. The Morgan fingerprint density at radius 1 is 1.04 bits per heavy atom. The Morgan fingerprint density at radius 2 is 1.79 bits per heavy atom. The first-order valence-electron chi connectivity index (χ1n) is 9.14. The first-order valence-corrected chi connectivity index (χ1v) is 9.14. The molecular formula is C21H23N7. The highest BCUT2D eigenvalue weighted by Crippen LogP contribution is 2.28. The zero-order valence-corrected chi connectivity index (χ0v) is 16.2. The average Bonchev–Trinajstić information content (AvgIpc) is 3.00. The molecule has 0 unspecified atom stereocenters. The third-order valence-corrected chi connectivity index (χ3v) is 4.72. The van der Waals surface area contributed by atoms with Crippen LogP contribution in [0.25, 0.3) is 11.0 Å². The van der Waals surface area contributed by atoms with Crippen molar-refractivity contribution in [2.75, 3.05) is 10.6 Å². The lowest BCUT2D eigenvalue weighted by Gasteiger charge is -2.10. The molecule has 2 aromatic heterocycles. The van der Waals surface area contributed by atoms with Gasteiger partial charge in [-0.1, -0.05) is 30.3 Å². The first-order chi connectivity index (χ1) is 13.5. The van der Waals surface area contributed by atoms with E-state index in [1.54, 1.807) is 10.9 Å². The molecule has 0 saturated heterocycles. The van der Waals surface area contributed by atoms with Crippen LogP contribution in [-0.2, 0) is 13.6 Å². The summed E-state index contributed by atoms with van der Waals surface area (Å²) in [5.74, 6) is 1.26. The van der Waals surface area contributed by atoms with E-state index < -0.39 is 0 Å². The molecule has 0 aliphatic heterocycles. The number of para-hydroxylation sites is 1. The molecule has 0 saturated carbocycles. The van der Waals surface area contributed by atoms with Gasteiger partial charge in [-0.15, -0.1) is 0 Å². The fourth-order valence-corrected chi connectivity index (χ4v) is 3.23. The smallest absolute Gasteiger partial charge is 0.229 e. The number of hydrogen-bond acceptors (Lipinski definition) is 6. The van der Waals surface area contributed by atoms with Crippen molar-refractivity contribution in [3.8, 4) is 0 Å². The molecule has 2 heterocycles. The topological polar surface area (TPSA) is 93.7 Å². The van der Waals surface area contributed by atoms with Crippen LogP contribution >= 0.6 is 0 Å². The molecule has 0 spiro atoms. The van der Waals surface area contributed by atoms with Crippen LogP contribution < -0.4 is 16.4 Å². The van der Waals surface area contributed by atoms with Crippen LogP contribution in [0, 0.1) is 13.8 Å². The summed E-state index contributed by atoms with van der Waals surface area (Å²) in [5, 5.41) is 12.1. The summed E-state index contributed by atoms with van der Waals surface area (Å²) in [7, 11) is 1.88. The molecule has 28 heavy (non-hydrogen) atoms. The lowest BCUT2D eigenvalue weighted by Crippen LogP contribution is -2.01. The summed E-state index contributed by atoms with van der Waals surface area (Å²) < 4.78 is 1.76. The van der Waals surface area contributed by atoms with Crippen molar-refractivity contribution in [2.45, 2.75) is 20.4 Å². The summed E-state index contributed by atoms with van der Waals surface area (Å²) in [6.07, 6.45) is 1.79. The summed E-state index contributed by atoms with van der Waals surface area (Å²) in [6, 6.07) is 14.1. The summed E-state index contributed by atoms with van der Waals surface area (Å²) in [6.45, 7) is 4.65. The predicted molar refractivity (Wildman–Crippen MR) is 113 cm³/mol. The Labute approximate surface area is 163 Å². The van der Waals surface area contributed by atoms with Gasteiger partial charge in [0.2, 0.25) is 5.95 Å². The number of rotatable bonds is 5. The van der Waals surface area contributed by atoms with Crippen LogP contribution in [0.15, 0.2) is 48.7 Å². The zero-order valence-electron chi connectivity index (χ0n) is 16.2. The van der Waals surface area contributed by atoms with Gasteiger partial charge >= 0.3 is 0 Å². The molecular weight excluding hydrogens is 350 g/mol. The van der Waals surface area contributed by atoms with Crippen molar-refractivity contribution in [3.05, 3.63) is 65.4 Å². The van der Waals surface area contributed by atoms with E-state index in [-0.39, 0.29) is 0 Å². The molecule has 0 aliphatic carbocycles. The van der Waals surface area contributed by atoms with Crippen molar-refractivity contribution in [2.24, 2.45) is 12.8 Å². The maximum atomic E-state index is 5.72. The van der Waals surface area contributed by atoms with Gasteiger partial charge in [0.25, 0.3) is 0 Å². The summed E-state index contributed by atoms with van der Waals surface area (Å²) >= 11 is 0. The molecule has 0 atom stereocenters. The van der Waals surface area contributed by atoms with Crippen molar-refractivity contribution < 1.29 is 0 Å². The third kappa shape index (κ3) is 3.39. The number of nitrogens with one attached hydrogen (secondary N) is 2. The summed E-state index contributed by atoms with van der Waals surface area (Å²) in [5.41, 5.74) is 11.8. The molecule has 0 radical (unpaired) electrons. The van der Waals surface area contributed by atoms with E-state index in [0.717, 1.165) is 44.9 Å². The van der Waals surface area contributed by atoms with E-state index in [1.165, 1.54) is 0 Å². The normalized spacial score (nSPS) is 11.0. The Balaban J connectivity index is 1.67. The van der Waals surface area contributed by atoms with Crippen LogP contribution in [0.1, 0.15) is 16.7 Å². The van der Waals surface area contributed by atoms with E-state index >= 15 is 0 Å². The maximum Gasteiger partial charge on any atom is 0.229 e. The fraction of sp³-hybridized carbons (Fsp3) is 0.190. The SMILES string of the molecule is Cc1cccc(C)c1Nc1nn(C)c2nc(Nc3cccc(CN)c3)ncc12. The zero-order chi connectivity index (χ0) is 19.7. The minimum absolute atomic E-state index is 0.491. The Bertz CT molecular complexity index is 1130. The first kappa shape index (κ1) is 17.9. The van der Waals surface area contributed by atoms with Gasteiger partial charge in [-0.05, 0) is 42.7 Å². The number of benzene rings is 2. The van der Waals surface area contributed by atoms with Crippen molar-refractivity contribution in [1.82, 2.24) is 19.7 Å². The highest BCUT2D eigenvalue weighted by molar-refractivity contribution is 5.90. The number of nitrogens with two attached hydrogens (primary N) is 1. The number of nitrogens with zero attached hydrogens (tertiary/aromatic N) is 4. The maximum absolute atomic E-state index is 5.72.